The van der Waals surface area contributed by atoms with E-state index in [-0.39, 0.29) is 23.4 Å². The number of anilines is 3. The molecule has 0 spiro atoms. The Morgan fingerprint density at radius 2 is 1.56 bits per heavy atom. The molecule has 5 rings (SSSR count). The molecule has 10 heteroatoms. The fraction of sp³-hybridized carbons (Fsp3) is 0.258. The molecule has 0 saturated carbocycles. The molecule has 0 radical (unpaired) electrons. The minimum Gasteiger partial charge on any atom is -0.493 e. The van der Waals surface area contributed by atoms with Crippen molar-refractivity contribution in [3.05, 3.63) is 83.9 Å². The van der Waals surface area contributed by atoms with Crippen LogP contribution in [0.1, 0.15) is 20.7 Å². The number of carbonyl (C=O) groups excluding carboxylic acids is 3. The number of carbonyl (C=O) groups is 3. The first-order valence-electron chi connectivity index (χ1n) is 13.4. The normalized spacial score (nSPS) is 14.1. The summed E-state index contributed by atoms with van der Waals surface area (Å²) in [4.78, 5) is 49.3. The van der Waals surface area contributed by atoms with Crippen LogP contribution in [-0.4, -0.2) is 91.6 Å². The predicted molar refractivity (Wildman–Crippen MR) is 158 cm³/mol. The number of likely N-dealkylation sites (N-methyl/N-ethyl adjacent to an activating group) is 2. The Hall–Kier alpha value is -4.67. The van der Waals surface area contributed by atoms with Crippen LogP contribution in [0.5, 0.6) is 5.88 Å². The molecule has 1 aliphatic heterocycles. The molecular weight excluding hydrogens is 522 g/mol. The Balaban J connectivity index is 1.48. The summed E-state index contributed by atoms with van der Waals surface area (Å²) in [5.74, 6) is -1.11. The number of benzene rings is 3. The number of aromatic hydroxyl groups is 1. The quantitative estimate of drug-likeness (QED) is 0.334. The maximum Gasteiger partial charge on any atom is 0.337 e. The highest BCUT2D eigenvalue weighted by Gasteiger charge is 2.27. The Bertz CT molecular complexity index is 1560. The molecule has 1 aliphatic rings. The molecule has 41 heavy (non-hydrogen) atoms. The van der Waals surface area contributed by atoms with Gasteiger partial charge in [0.05, 0.1) is 24.7 Å². The van der Waals surface area contributed by atoms with Gasteiger partial charge in [0.15, 0.2) is 0 Å². The summed E-state index contributed by atoms with van der Waals surface area (Å²) in [7, 11) is 5.12. The smallest absolute Gasteiger partial charge is 0.337 e. The van der Waals surface area contributed by atoms with E-state index < -0.39 is 5.97 Å². The second-order valence-corrected chi connectivity index (χ2v) is 10.1. The zero-order chi connectivity index (χ0) is 29.1. The summed E-state index contributed by atoms with van der Waals surface area (Å²) in [5.41, 5.74) is 2.63. The van der Waals surface area contributed by atoms with E-state index in [2.05, 4.69) is 21.8 Å². The molecule has 212 valence electrons. The summed E-state index contributed by atoms with van der Waals surface area (Å²) in [6.07, 6.45) is 0. The summed E-state index contributed by atoms with van der Waals surface area (Å²) in [6, 6.07) is 20.6. The first kappa shape index (κ1) is 27.9. The van der Waals surface area contributed by atoms with Crippen molar-refractivity contribution in [2.75, 3.05) is 63.7 Å². The van der Waals surface area contributed by atoms with Gasteiger partial charge in [-0.05, 0) is 61.6 Å². The molecule has 1 fully saturated rings. The number of esters is 1. The van der Waals surface area contributed by atoms with E-state index in [1.165, 1.54) is 12.0 Å². The molecule has 0 atom stereocenters. The van der Waals surface area contributed by atoms with Crippen molar-refractivity contribution in [1.29, 1.82) is 0 Å². The van der Waals surface area contributed by atoms with Gasteiger partial charge in [-0.1, -0.05) is 18.2 Å². The molecule has 0 bridgehead atoms. The van der Waals surface area contributed by atoms with Crippen LogP contribution >= 0.6 is 0 Å². The van der Waals surface area contributed by atoms with Gasteiger partial charge in [0.25, 0.3) is 5.91 Å². The van der Waals surface area contributed by atoms with Crippen LogP contribution in [0.25, 0.3) is 10.9 Å². The lowest BCUT2D eigenvalue weighted by atomic mass is 10.1. The Morgan fingerprint density at radius 1 is 0.902 bits per heavy atom. The Labute approximate surface area is 238 Å². The van der Waals surface area contributed by atoms with E-state index in [1.807, 2.05) is 6.07 Å². The van der Waals surface area contributed by atoms with Crippen molar-refractivity contribution in [3.63, 3.8) is 0 Å². The van der Waals surface area contributed by atoms with Gasteiger partial charge in [-0.2, -0.15) is 0 Å². The highest BCUT2D eigenvalue weighted by Crippen LogP contribution is 2.41. The molecular formula is C31H33N5O5. The van der Waals surface area contributed by atoms with Crippen LogP contribution < -0.4 is 9.80 Å². The molecule has 0 aliphatic carbocycles. The average Bonchev–Trinajstić information content (AvgIpc) is 3.32. The number of aromatic amines is 1. The second kappa shape index (κ2) is 11.8. The Kier molecular flexibility index (Phi) is 8.04. The van der Waals surface area contributed by atoms with Gasteiger partial charge in [-0.3, -0.25) is 19.4 Å². The lowest BCUT2D eigenvalue weighted by molar-refractivity contribution is -0.119. The third kappa shape index (κ3) is 5.79. The number of nitrogens with one attached hydrogen (secondary N) is 1. The number of ether oxygens (including phenoxy) is 1. The topological polar surface area (TPSA) is 109 Å². The first-order valence-corrected chi connectivity index (χ1v) is 13.4. The maximum atomic E-state index is 13.9. The number of aromatic nitrogens is 1. The molecule has 10 nitrogen and oxygen atoms in total. The fourth-order valence-corrected chi connectivity index (χ4v) is 4.97. The molecule has 2 N–H and O–H groups in total. The van der Waals surface area contributed by atoms with Crippen molar-refractivity contribution < 1.29 is 24.2 Å². The largest absolute Gasteiger partial charge is 0.493 e. The molecule has 4 aromatic rings. The van der Waals surface area contributed by atoms with Crippen LogP contribution in [-0.2, 0) is 9.53 Å². The van der Waals surface area contributed by atoms with Crippen molar-refractivity contribution in [1.82, 2.24) is 14.8 Å². The monoisotopic (exact) mass is 555 g/mol. The number of nitrogens with zero attached hydrogens (tertiary/aromatic N) is 4. The van der Waals surface area contributed by atoms with E-state index in [0.717, 1.165) is 26.2 Å². The summed E-state index contributed by atoms with van der Waals surface area (Å²) >= 11 is 0. The van der Waals surface area contributed by atoms with Gasteiger partial charge >= 0.3 is 5.97 Å². The number of hydrogen-bond donors (Lipinski definition) is 2. The van der Waals surface area contributed by atoms with E-state index >= 15 is 0 Å². The van der Waals surface area contributed by atoms with Gasteiger partial charge in [-0.15, -0.1) is 0 Å². The fourth-order valence-electron chi connectivity index (χ4n) is 4.97. The van der Waals surface area contributed by atoms with E-state index in [0.29, 0.717) is 39.9 Å². The molecule has 2 heterocycles. The third-order valence-electron chi connectivity index (χ3n) is 7.44. The number of fused-ring (bicyclic) bond motifs is 1. The van der Waals surface area contributed by atoms with Crippen LogP contribution in [0.15, 0.2) is 72.8 Å². The highest BCUT2D eigenvalue weighted by atomic mass is 16.5. The van der Waals surface area contributed by atoms with Crippen LogP contribution in [0.4, 0.5) is 17.1 Å². The van der Waals surface area contributed by atoms with Crippen LogP contribution in [0, 0.1) is 0 Å². The van der Waals surface area contributed by atoms with Crippen molar-refractivity contribution >= 4 is 45.7 Å². The molecule has 1 saturated heterocycles. The standard InChI is InChI=1S/C31H33N5O5/c1-33-15-17-35(18-16-33)20-27(37)34(2)23-10-12-24(13-11-23)36(30(39)21-7-5-4-6-8-21)28-25-14-9-22(31(40)41-3)19-26(25)32-29(28)38/h4-14,19,32,38H,15-18,20H2,1-3H3. The Morgan fingerprint density at radius 3 is 2.22 bits per heavy atom. The molecule has 3 aromatic carbocycles. The summed E-state index contributed by atoms with van der Waals surface area (Å²) in [6.45, 7) is 3.90. The SMILES string of the molecule is COC(=O)c1ccc2c(N(C(=O)c3ccccc3)c3ccc(N(C)C(=O)CN4CCN(C)CC4)cc3)c(O)[nH]c2c1. The third-order valence-corrected chi connectivity index (χ3v) is 7.44. The number of amides is 2. The molecule has 0 unspecified atom stereocenters. The summed E-state index contributed by atoms with van der Waals surface area (Å²) < 4.78 is 4.82. The highest BCUT2D eigenvalue weighted by molar-refractivity contribution is 6.16. The van der Waals surface area contributed by atoms with E-state index in [9.17, 15) is 19.5 Å². The van der Waals surface area contributed by atoms with Crippen LogP contribution in [0.2, 0.25) is 0 Å². The number of hydrogen-bond acceptors (Lipinski definition) is 7. The lowest BCUT2D eigenvalue weighted by Gasteiger charge is -2.32. The maximum absolute atomic E-state index is 13.9. The van der Waals surface area contributed by atoms with Crippen molar-refractivity contribution in [2.45, 2.75) is 0 Å². The van der Waals surface area contributed by atoms with Gasteiger partial charge in [0, 0.05) is 55.6 Å². The average molecular weight is 556 g/mol. The van der Waals surface area contributed by atoms with Gasteiger partial charge in [0.1, 0.15) is 5.69 Å². The van der Waals surface area contributed by atoms with Crippen LogP contribution in [0.3, 0.4) is 0 Å². The lowest BCUT2D eigenvalue weighted by Crippen LogP contribution is -2.48. The number of rotatable bonds is 7. The van der Waals surface area contributed by atoms with Gasteiger partial charge in [0.2, 0.25) is 11.8 Å². The van der Waals surface area contributed by atoms with Crippen molar-refractivity contribution in [2.24, 2.45) is 0 Å². The summed E-state index contributed by atoms with van der Waals surface area (Å²) in [5, 5.41) is 11.6. The van der Waals surface area contributed by atoms with Gasteiger partial charge in [-0.25, -0.2) is 4.79 Å². The van der Waals surface area contributed by atoms with Crippen molar-refractivity contribution in [3.8, 4) is 5.88 Å². The van der Waals surface area contributed by atoms with E-state index in [4.69, 9.17) is 4.74 Å². The molecule has 2 amide bonds. The zero-order valence-corrected chi connectivity index (χ0v) is 23.3. The number of methoxy groups -OCH3 is 1. The minimum atomic E-state index is -0.512. The first-order chi connectivity index (χ1) is 19.8. The number of H-pyrrole nitrogens is 1. The second-order valence-electron chi connectivity index (χ2n) is 10.1. The predicted octanol–water partition coefficient (Wildman–Crippen LogP) is 3.85. The van der Waals surface area contributed by atoms with E-state index in [1.54, 1.807) is 78.7 Å². The zero-order valence-electron chi connectivity index (χ0n) is 23.3. The number of piperazine rings is 1. The molecule has 1 aromatic heterocycles. The minimum absolute atomic E-state index is 0.0183. The van der Waals surface area contributed by atoms with Gasteiger partial charge < -0.3 is 24.6 Å².